The highest BCUT2D eigenvalue weighted by Gasteiger charge is 2.10. The van der Waals surface area contributed by atoms with Gasteiger partial charge in [0.25, 0.3) is 0 Å². The van der Waals surface area contributed by atoms with Crippen LogP contribution in [0.2, 0.25) is 0 Å². The first-order valence-electron chi connectivity index (χ1n) is 7.43. The number of H-pyrrole nitrogens is 1. The van der Waals surface area contributed by atoms with Gasteiger partial charge in [0, 0.05) is 33.6 Å². The molecule has 0 amide bonds. The Morgan fingerprint density at radius 1 is 1.00 bits per heavy atom. The van der Waals surface area contributed by atoms with Gasteiger partial charge < -0.3 is 9.40 Å². The van der Waals surface area contributed by atoms with Crippen LogP contribution in [0, 0.1) is 0 Å². The fourth-order valence-corrected chi connectivity index (χ4v) is 3.07. The van der Waals surface area contributed by atoms with E-state index < -0.39 is 0 Å². The van der Waals surface area contributed by atoms with Crippen LogP contribution in [0.1, 0.15) is 11.5 Å². The minimum absolute atomic E-state index is 0.556. The minimum atomic E-state index is 0.556. The van der Waals surface area contributed by atoms with Gasteiger partial charge in [-0.1, -0.05) is 40.2 Å². The van der Waals surface area contributed by atoms with E-state index in [0.29, 0.717) is 11.8 Å². The number of hydrogen-bond acceptors (Lipinski definition) is 3. The Kier molecular flexibility index (Phi) is 3.71. The van der Waals surface area contributed by atoms with Gasteiger partial charge in [0.05, 0.1) is 0 Å². The Morgan fingerprint density at radius 3 is 2.83 bits per heavy atom. The van der Waals surface area contributed by atoms with E-state index in [0.717, 1.165) is 28.4 Å². The quantitative estimate of drug-likeness (QED) is 0.565. The van der Waals surface area contributed by atoms with Gasteiger partial charge >= 0.3 is 0 Å². The van der Waals surface area contributed by atoms with E-state index >= 15 is 0 Å². The molecule has 0 saturated carbocycles. The first-order valence-corrected chi connectivity index (χ1v) is 8.22. The Hall–Kier alpha value is -2.40. The van der Waals surface area contributed by atoms with Crippen molar-refractivity contribution < 1.29 is 4.42 Å². The lowest BCUT2D eigenvalue weighted by Crippen LogP contribution is -1.90. The average molecular weight is 368 g/mol. The molecule has 0 unspecified atom stereocenters. The lowest BCUT2D eigenvalue weighted by molar-refractivity contribution is 0.505. The molecular formula is C18H14BrN3O. The van der Waals surface area contributed by atoms with Crippen molar-refractivity contribution in [2.45, 2.75) is 12.8 Å². The summed E-state index contributed by atoms with van der Waals surface area (Å²) in [7, 11) is 0. The molecule has 114 valence electrons. The number of aromatic amines is 1. The Labute approximate surface area is 141 Å². The van der Waals surface area contributed by atoms with E-state index in [-0.39, 0.29) is 0 Å². The molecule has 4 nitrogen and oxygen atoms in total. The van der Waals surface area contributed by atoms with E-state index in [1.165, 1.54) is 10.9 Å². The zero-order valence-corrected chi connectivity index (χ0v) is 13.9. The third kappa shape index (κ3) is 2.92. The van der Waals surface area contributed by atoms with Crippen LogP contribution in [-0.4, -0.2) is 15.2 Å². The van der Waals surface area contributed by atoms with Crippen LogP contribution in [0.25, 0.3) is 22.4 Å². The van der Waals surface area contributed by atoms with Crippen molar-refractivity contribution in [3.8, 4) is 11.5 Å². The first kappa shape index (κ1) is 14.2. The summed E-state index contributed by atoms with van der Waals surface area (Å²) >= 11 is 3.45. The van der Waals surface area contributed by atoms with Gasteiger partial charge in [-0.15, -0.1) is 10.2 Å². The SMILES string of the molecule is Brc1cccc(-c2nnc(CCc3c[nH]c4ccccc34)o2)c1. The number of fused-ring (bicyclic) bond motifs is 1. The number of benzene rings is 2. The van der Waals surface area contributed by atoms with Crippen LogP contribution < -0.4 is 0 Å². The number of aromatic nitrogens is 3. The molecule has 0 radical (unpaired) electrons. The Bertz CT molecular complexity index is 957. The van der Waals surface area contributed by atoms with E-state index in [1.807, 2.05) is 30.3 Å². The van der Waals surface area contributed by atoms with Crippen LogP contribution >= 0.6 is 15.9 Å². The van der Waals surface area contributed by atoms with Gasteiger partial charge in [-0.3, -0.25) is 0 Å². The number of hydrogen-bond donors (Lipinski definition) is 1. The van der Waals surface area contributed by atoms with E-state index in [2.05, 4.69) is 55.5 Å². The highest BCUT2D eigenvalue weighted by molar-refractivity contribution is 9.10. The standard InChI is InChI=1S/C18H14BrN3O/c19-14-5-3-4-12(10-14)18-22-21-17(23-18)9-8-13-11-20-16-7-2-1-6-15(13)16/h1-7,10-11,20H,8-9H2. The second-order valence-corrected chi connectivity index (χ2v) is 6.29. The summed E-state index contributed by atoms with van der Waals surface area (Å²) < 4.78 is 6.78. The molecule has 0 aliphatic rings. The molecular weight excluding hydrogens is 354 g/mol. The Balaban J connectivity index is 1.52. The molecule has 0 bridgehead atoms. The molecule has 0 spiro atoms. The molecule has 23 heavy (non-hydrogen) atoms. The molecule has 4 aromatic rings. The molecule has 1 N–H and O–H groups in total. The highest BCUT2D eigenvalue weighted by atomic mass is 79.9. The molecule has 0 fully saturated rings. The monoisotopic (exact) mass is 367 g/mol. The number of aryl methyl sites for hydroxylation is 2. The van der Waals surface area contributed by atoms with E-state index in [9.17, 15) is 0 Å². The van der Waals surface area contributed by atoms with Crippen LogP contribution in [0.3, 0.4) is 0 Å². The second kappa shape index (κ2) is 6.01. The third-order valence-corrected chi connectivity index (χ3v) is 4.31. The van der Waals surface area contributed by atoms with Gasteiger partial charge in [0.2, 0.25) is 11.8 Å². The van der Waals surface area contributed by atoms with Crippen molar-refractivity contribution >= 4 is 26.8 Å². The summed E-state index contributed by atoms with van der Waals surface area (Å²) in [6, 6.07) is 16.1. The number of nitrogens with one attached hydrogen (secondary N) is 1. The zero-order valence-electron chi connectivity index (χ0n) is 12.3. The topological polar surface area (TPSA) is 54.7 Å². The molecule has 0 aliphatic carbocycles. The Morgan fingerprint density at radius 2 is 1.91 bits per heavy atom. The predicted octanol–water partition coefficient (Wildman–Crippen LogP) is 4.77. The minimum Gasteiger partial charge on any atom is -0.421 e. The summed E-state index contributed by atoms with van der Waals surface area (Å²) in [6.45, 7) is 0. The maximum Gasteiger partial charge on any atom is 0.247 e. The predicted molar refractivity (Wildman–Crippen MR) is 93.1 cm³/mol. The molecule has 4 rings (SSSR count). The van der Waals surface area contributed by atoms with Crippen molar-refractivity contribution in [2.24, 2.45) is 0 Å². The van der Waals surface area contributed by atoms with Crippen LogP contribution in [0.15, 0.2) is 63.6 Å². The van der Waals surface area contributed by atoms with Gasteiger partial charge in [-0.25, -0.2) is 0 Å². The van der Waals surface area contributed by atoms with Crippen molar-refractivity contribution in [1.82, 2.24) is 15.2 Å². The van der Waals surface area contributed by atoms with Crippen LogP contribution in [0.5, 0.6) is 0 Å². The van der Waals surface area contributed by atoms with Gasteiger partial charge in [-0.05, 0) is 36.2 Å². The molecule has 0 saturated heterocycles. The van der Waals surface area contributed by atoms with Gasteiger partial charge in [0.1, 0.15) is 0 Å². The van der Waals surface area contributed by atoms with Gasteiger partial charge in [0.15, 0.2) is 0 Å². The van der Waals surface area contributed by atoms with E-state index in [4.69, 9.17) is 4.42 Å². The molecule has 5 heteroatoms. The number of nitrogens with zero attached hydrogens (tertiary/aromatic N) is 2. The summed E-state index contributed by atoms with van der Waals surface area (Å²) in [6.07, 6.45) is 3.64. The number of halogens is 1. The van der Waals surface area contributed by atoms with Crippen LogP contribution in [0.4, 0.5) is 0 Å². The summed E-state index contributed by atoms with van der Waals surface area (Å²) in [5.41, 5.74) is 3.34. The number of rotatable bonds is 4. The summed E-state index contributed by atoms with van der Waals surface area (Å²) in [5.74, 6) is 1.21. The highest BCUT2D eigenvalue weighted by Crippen LogP contribution is 2.23. The molecule has 2 aromatic carbocycles. The first-order chi connectivity index (χ1) is 11.3. The summed E-state index contributed by atoms with van der Waals surface area (Å²) in [4.78, 5) is 3.29. The van der Waals surface area contributed by atoms with Crippen molar-refractivity contribution in [3.63, 3.8) is 0 Å². The smallest absolute Gasteiger partial charge is 0.247 e. The third-order valence-electron chi connectivity index (χ3n) is 3.82. The number of para-hydroxylation sites is 1. The van der Waals surface area contributed by atoms with Crippen molar-refractivity contribution in [3.05, 3.63) is 70.7 Å². The normalized spacial score (nSPS) is 11.2. The second-order valence-electron chi connectivity index (χ2n) is 5.37. The molecule has 0 atom stereocenters. The molecule has 2 heterocycles. The fourth-order valence-electron chi connectivity index (χ4n) is 2.67. The van der Waals surface area contributed by atoms with E-state index in [1.54, 1.807) is 0 Å². The maximum absolute atomic E-state index is 5.78. The molecule has 0 aliphatic heterocycles. The largest absolute Gasteiger partial charge is 0.421 e. The fraction of sp³-hybridized carbons (Fsp3) is 0.111. The van der Waals surface area contributed by atoms with Crippen molar-refractivity contribution in [2.75, 3.05) is 0 Å². The molecule has 2 aromatic heterocycles. The lowest BCUT2D eigenvalue weighted by atomic mass is 10.1. The zero-order chi connectivity index (χ0) is 15.6. The van der Waals surface area contributed by atoms with Crippen LogP contribution in [-0.2, 0) is 12.8 Å². The van der Waals surface area contributed by atoms with Gasteiger partial charge in [-0.2, -0.15) is 0 Å². The maximum atomic E-state index is 5.78. The average Bonchev–Trinajstić information content (AvgIpc) is 3.20. The lowest BCUT2D eigenvalue weighted by Gasteiger charge is -1.97. The summed E-state index contributed by atoms with van der Waals surface area (Å²) in [5, 5.41) is 9.55. The van der Waals surface area contributed by atoms with Crippen molar-refractivity contribution in [1.29, 1.82) is 0 Å².